The second-order valence-electron chi connectivity index (χ2n) is 4.71. The Labute approximate surface area is 104 Å². The monoisotopic (exact) mass is 333 g/mol. The summed E-state index contributed by atoms with van der Waals surface area (Å²) in [6.07, 6.45) is 1.76. The molecule has 0 saturated heterocycles. The summed E-state index contributed by atoms with van der Waals surface area (Å²) < 4.78 is 13.8. The maximum absolute atomic E-state index is 5.51. The zero-order chi connectivity index (χ0) is 12.3. The van der Waals surface area contributed by atoms with E-state index in [9.17, 15) is 0 Å². The van der Waals surface area contributed by atoms with Gasteiger partial charge in [-0.3, -0.25) is 0 Å². The first-order valence-corrected chi connectivity index (χ1v) is 11.3. The van der Waals surface area contributed by atoms with Crippen LogP contribution in [0.3, 0.4) is 0 Å². The first kappa shape index (κ1) is 14.0. The second-order valence-corrected chi connectivity index (χ2v) is 17.8. The van der Waals surface area contributed by atoms with E-state index in [1.165, 1.54) is 0 Å². The van der Waals surface area contributed by atoms with Crippen LogP contribution in [-0.4, -0.2) is 70.8 Å². The van der Waals surface area contributed by atoms with Gasteiger partial charge < -0.3 is 0 Å². The van der Waals surface area contributed by atoms with Gasteiger partial charge in [-0.15, -0.1) is 0 Å². The molecule has 0 N–H and O–H groups in total. The van der Waals surface area contributed by atoms with Crippen LogP contribution in [0.5, 0.6) is 0 Å². The third kappa shape index (κ3) is 2.61. The van der Waals surface area contributed by atoms with E-state index in [1.54, 1.807) is 6.26 Å². The van der Waals surface area contributed by atoms with E-state index in [0.29, 0.717) is 0 Å². The van der Waals surface area contributed by atoms with Gasteiger partial charge in [0.15, 0.2) is 0 Å². The number of furan rings is 1. The molecule has 1 heterocycles. The number of rotatable bonds is 5. The molecule has 1 aromatic heterocycles. The molecule has 16 heavy (non-hydrogen) atoms. The second kappa shape index (κ2) is 5.53. The van der Waals surface area contributed by atoms with Crippen molar-refractivity contribution in [2.24, 2.45) is 0 Å². The van der Waals surface area contributed by atoms with Crippen LogP contribution in [0.25, 0.3) is 0 Å². The number of nitrogens with zero attached hydrogens (tertiary/aromatic N) is 3. The van der Waals surface area contributed by atoms with Gasteiger partial charge in [0.1, 0.15) is 0 Å². The molecule has 0 aliphatic carbocycles. The van der Waals surface area contributed by atoms with Crippen molar-refractivity contribution in [2.45, 2.75) is 4.44 Å². The molecular weight excluding hydrogens is 309 g/mol. The predicted octanol–water partition coefficient (Wildman–Crippen LogP) is 0.985. The van der Waals surface area contributed by atoms with Crippen molar-refractivity contribution in [2.75, 3.05) is 42.3 Å². The molecule has 0 amide bonds. The minimum absolute atomic E-state index is 1.04. The van der Waals surface area contributed by atoms with Crippen LogP contribution in [0.1, 0.15) is 5.76 Å². The molecule has 1 aromatic rings. The SMILES string of the molecule is C[N](C)[Sn]([CH2]c1ccco1)([N](C)C)[N](C)C. The molecule has 0 unspecified atom stereocenters. The van der Waals surface area contributed by atoms with Crippen molar-refractivity contribution >= 4 is 19.2 Å². The summed E-state index contributed by atoms with van der Waals surface area (Å²) in [6, 6.07) is 4.04. The van der Waals surface area contributed by atoms with Gasteiger partial charge in [-0.25, -0.2) is 0 Å². The Morgan fingerprint density at radius 2 is 1.50 bits per heavy atom. The Bertz CT molecular complexity index is 287. The number of hydrogen-bond donors (Lipinski definition) is 0. The van der Waals surface area contributed by atoms with Gasteiger partial charge in [-0.1, -0.05) is 0 Å². The average Bonchev–Trinajstić information content (AvgIpc) is 2.64. The van der Waals surface area contributed by atoms with E-state index in [1.807, 2.05) is 6.07 Å². The van der Waals surface area contributed by atoms with Crippen molar-refractivity contribution in [3.63, 3.8) is 0 Å². The Morgan fingerprint density at radius 1 is 1.00 bits per heavy atom. The molecule has 5 heteroatoms. The van der Waals surface area contributed by atoms with Gasteiger partial charge >= 0.3 is 104 Å². The Hall–Kier alpha value is -0.0413. The normalized spacial score (nSPS) is 13.1. The molecule has 0 aliphatic rings. The average molecular weight is 332 g/mol. The Morgan fingerprint density at radius 3 is 1.81 bits per heavy atom. The van der Waals surface area contributed by atoms with Crippen LogP contribution in [-0.2, 0) is 4.44 Å². The van der Waals surface area contributed by atoms with Gasteiger partial charge in [0.05, 0.1) is 0 Å². The molecule has 0 atom stereocenters. The van der Waals surface area contributed by atoms with Crippen molar-refractivity contribution in [1.29, 1.82) is 0 Å². The molecule has 0 bridgehead atoms. The van der Waals surface area contributed by atoms with Crippen molar-refractivity contribution in [1.82, 2.24) is 9.36 Å². The van der Waals surface area contributed by atoms with Gasteiger partial charge in [0.2, 0.25) is 0 Å². The van der Waals surface area contributed by atoms with Gasteiger partial charge in [-0.2, -0.15) is 0 Å². The quantitative estimate of drug-likeness (QED) is 0.750. The summed E-state index contributed by atoms with van der Waals surface area (Å²) >= 11 is -2.67. The fourth-order valence-electron chi connectivity index (χ4n) is 2.32. The standard InChI is InChI=1S/C5H5O.3C2H6N.Sn/c1-5-3-2-4-6-5;3*1-3-2;/h2-4H,1H2;3*1-2H3;/q;3*-1;+3. The van der Waals surface area contributed by atoms with Crippen LogP contribution in [0.4, 0.5) is 0 Å². The molecule has 0 fully saturated rings. The summed E-state index contributed by atoms with van der Waals surface area (Å²) in [7, 11) is 13.1. The third-order valence-corrected chi connectivity index (χ3v) is 17.8. The molecule has 0 aromatic carbocycles. The van der Waals surface area contributed by atoms with Crippen LogP contribution in [0.15, 0.2) is 22.8 Å². The zero-order valence-corrected chi connectivity index (χ0v) is 14.0. The van der Waals surface area contributed by atoms with E-state index in [0.717, 1.165) is 10.2 Å². The summed E-state index contributed by atoms with van der Waals surface area (Å²) in [5, 5.41) is 0. The fourth-order valence-corrected chi connectivity index (χ4v) is 13.8. The van der Waals surface area contributed by atoms with E-state index in [-0.39, 0.29) is 0 Å². The first-order chi connectivity index (χ1) is 7.41. The molecule has 0 aliphatic heterocycles. The van der Waals surface area contributed by atoms with Gasteiger partial charge in [0, 0.05) is 0 Å². The van der Waals surface area contributed by atoms with Gasteiger partial charge in [0.25, 0.3) is 0 Å². The van der Waals surface area contributed by atoms with Crippen LogP contribution in [0, 0.1) is 0 Å². The first-order valence-electron chi connectivity index (χ1n) is 5.46. The van der Waals surface area contributed by atoms with Crippen LogP contribution >= 0.6 is 0 Å². The molecule has 1 rings (SSSR count). The molecule has 92 valence electrons. The summed E-state index contributed by atoms with van der Waals surface area (Å²) in [6.45, 7) is 0. The van der Waals surface area contributed by atoms with Crippen molar-refractivity contribution < 1.29 is 4.42 Å². The van der Waals surface area contributed by atoms with Crippen LogP contribution in [0.2, 0.25) is 0 Å². The van der Waals surface area contributed by atoms with E-state index in [2.05, 4.69) is 57.7 Å². The fraction of sp³-hybridized carbons (Fsp3) is 0.636. The third-order valence-electron chi connectivity index (χ3n) is 3.14. The summed E-state index contributed by atoms with van der Waals surface area (Å²) in [5.41, 5.74) is 0. The molecule has 0 saturated carbocycles. The molecule has 4 nitrogen and oxygen atoms in total. The predicted molar refractivity (Wildman–Crippen MR) is 69.2 cm³/mol. The van der Waals surface area contributed by atoms with Crippen molar-refractivity contribution in [3.05, 3.63) is 24.2 Å². The van der Waals surface area contributed by atoms with E-state index >= 15 is 0 Å². The maximum atomic E-state index is 5.51. The minimum atomic E-state index is -2.67. The molecular formula is C11H23N3OSn. The topological polar surface area (TPSA) is 22.9 Å². The Kier molecular flexibility index (Phi) is 4.85. The summed E-state index contributed by atoms with van der Waals surface area (Å²) in [5.74, 6) is 1.09. The van der Waals surface area contributed by atoms with E-state index in [4.69, 9.17) is 4.42 Å². The van der Waals surface area contributed by atoms with E-state index < -0.39 is 19.2 Å². The Balaban J connectivity index is 3.02. The zero-order valence-electron chi connectivity index (χ0n) is 11.2. The van der Waals surface area contributed by atoms with Crippen molar-refractivity contribution in [3.8, 4) is 0 Å². The van der Waals surface area contributed by atoms with Crippen LogP contribution < -0.4 is 0 Å². The number of hydrogen-bond acceptors (Lipinski definition) is 4. The molecule has 0 radical (unpaired) electrons. The summed E-state index contributed by atoms with van der Waals surface area (Å²) in [4.78, 5) is 0. The molecule has 0 spiro atoms. The van der Waals surface area contributed by atoms with Gasteiger partial charge in [-0.05, 0) is 0 Å².